The number of nitrogens with zero attached hydrogens (tertiary/aromatic N) is 2. The number of hydrogen-bond acceptors (Lipinski definition) is 3. The first-order valence-corrected chi connectivity index (χ1v) is 7.76. The van der Waals surface area contributed by atoms with Crippen molar-refractivity contribution in [3.8, 4) is 0 Å². The van der Waals surface area contributed by atoms with Crippen LogP contribution in [0.4, 0.5) is 0 Å². The smallest absolute Gasteiger partial charge is 0.310 e. The van der Waals surface area contributed by atoms with E-state index in [0.717, 1.165) is 65.0 Å². The minimum atomic E-state index is -0.595. The lowest BCUT2D eigenvalue weighted by molar-refractivity contribution is -0.153. The molecule has 0 aromatic carbocycles. The van der Waals surface area contributed by atoms with E-state index in [0.29, 0.717) is 0 Å². The molecule has 1 unspecified atom stereocenters. The van der Waals surface area contributed by atoms with Gasteiger partial charge in [0.25, 0.3) is 0 Å². The summed E-state index contributed by atoms with van der Waals surface area (Å²) in [6, 6.07) is 0. The number of likely N-dealkylation sites (N-methyl/N-ethyl adjacent to an activating group) is 1. The van der Waals surface area contributed by atoms with E-state index in [1.165, 1.54) is 0 Å². The molecule has 4 heteroatoms. The lowest BCUT2D eigenvalue weighted by Gasteiger charge is -2.40. The van der Waals surface area contributed by atoms with E-state index in [1.807, 2.05) is 0 Å². The SMILES string of the molecule is CCCC1(C(=O)O)CCCN(CCN(CC)CC)C1. The number of likely N-dealkylation sites (tertiary alicyclic amines) is 1. The van der Waals surface area contributed by atoms with Gasteiger partial charge in [0.15, 0.2) is 0 Å². The van der Waals surface area contributed by atoms with Gasteiger partial charge >= 0.3 is 5.97 Å². The lowest BCUT2D eigenvalue weighted by atomic mass is 9.76. The van der Waals surface area contributed by atoms with Crippen molar-refractivity contribution in [3.63, 3.8) is 0 Å². The third-order valence-electron chi connectivity index (χ3n) is 4.47. The number of carboxylic acids is 1. The molecule has 1 aliphatic rings. The van der Waals surface area contributed by atoms with E-state index in [9.17, 15) is 9.90 Å². The summed E-state index contributed by atoms with van der Waals surface area (Å²) in [6.07, 6.45) is 3.63. The van der Waals surface area contributed by atoms with Gasteiger partial charge in [-0.15, -0.1) is 0 Å². The van der Waals surface area contributed by atoms with E-state index in [-0.39, 0.29) is 0 Å². The van der Waals surface area contributed by atoms with Gasteiger partial charge in [0.2, 0.25) is 0 Å². The summed E-state index contributed by atoms with van der Waals surface area (Å²) >= 11 is 0. The molecule has 0 saturated carbocycles. The molecule has 1 saturated heterocycles. The van der Waals surface area contributed by atoms with Crippen LogP contribution in [-0.2, 0) is 4.79 Å². The maximum absolute atomic E-state index is 11.6. The zero-order valence-corrected chi connectivity index (χ0v) is 12.8. The number of hydrogen-bond donors (Lipinski definition) is 1. The molecular weight excluding hydrogens is 240 g/mol. The van der Waals surface area contributed by atoms with E-state index in [1.54, 1.807) is 0 Å². The topological polar surface area (TPSA) is 43.8 Å². The van der Waals surface area contributed by atoms with Crippen molar-refractivity contribution in [3.05, 3.63) is 0 Å². The number of rotatable bonds is 8. The van der Waals surface area contributed by atoms with Gasteiger partial charge in [0.05, 0.1) is 5.41 Å². The van der Waals surface area contributed by atoms with Gasteiger partial charge in [-0.1, -0.05) is 27.2 Å². The molecule has 0 radical (unpaired) electrons. The van der Waals surface area contributed by atoms with Crippen molar-refractivity contribution in [2.45, 2.75) is 46.5 Å². The number of carboxylic acid groups (broad SMARTS) is 1. The second-order valence-corrected chi connectivity index (χ2v) is 5.74. The summed E-state index contributed by atoms with van der Waals surface area (Å²) in [4.78, 5) is 16.4. The summed E-state index contributed by atoms with van der Waals surface area (Å²) < 4.78 is 0. The van der Waals surface area contributed by atoms with Crippen molar-refractivity contribution in [2.75, 3.05) is 39.3 Å². The Hall–Kier alpha value is -0.610. The van der Waals surface area contributed by atoms with E-state index >= 15 is 0 Å². The van der Waals surface area contributed by atoms with Gasteiger partial charge in [-0.3, -0.25) is 4.79 Å². The van der Waals surface area contributed by atoms with Crippen molar-refractivity contribution in [2.24, 2.45) is 5.41 Å². The molecule has 0 amide bonds. The Bertz CT molecular complexity index is 275. The molecular formula is C15H30N2O2. The van der Waals surface area contributed by atoms with Gasteiger partial charge in [-0.25, -0.2) is 0 Å². The molecule has 1 atom stereocenters. The van der Waals surface area contributed by atoms with Crippen LogP contribution in [0.2, 0.25) is 0 Å². The number of piperidine rings is 1. The Kier molecular flexibility index (Phi) is 6.80. The number of carbonyl (C=O) groups is 1. The van der Waals surface area contributed by atoms with Crippen LogP contribution in [0.5, 0.6) is 0 Å². The fourth-order valence-electron chi connectivity index (χ4n) is 3.20. The highest BCUT2D eigenvalue weighted by Gasteiger charge is 2.41. The summed E-state index contributed by atoms with van der Waals surface area (Å²) in [5.41, 5.74) is -0.490. The molecule has 1 aliphatic heterocycles. The van der Waals surface area contributed by atoms with Crippen LogP contribution in [0, 0.1) is 5.41 Å². The van der Waals surface area contributed by atoms with Crippen LogP contribution >= 0.6 is 0 Å². The average molecular weight is 270 g/mol. The van der Waals surface area contributed by atoms with E-state index < -0.39 is 11.4 Å². The third-order valence-corrected chi connectivity index (χ3v) is 4.47. The minimum absolute atomic E-state index is 0.490. The van der Waals surface area contributed by atoms with Gasteiger partial charge in [0.1, 0.15) is 0 Å². The highest BCUT2D eigenvalue weighted by Crippen LogP contribution is 2.34. The zero-order valence-electron chi connectivity index (χ0n) is 12.8. The summed E-state index contributed by atoms with van der Waals surface area (Å²) in [7, 11) is 0. The van der Waals surface area contributed by atoms with Crippen molar-refractivity contribution in [1.82, 2.24) is 9.80 Å². The van der Waals surface area contributed by atoms with E-state index in [2.05, 4.69) is 30.6 Å². The van der Waals surface area contributed by atoms with Crippen molar-refractivity contribution < 1.29 is 9.90 Å². The second-order valence-electron chi connectivity index (χ2n) is 5.74. The van der Waals surface area contributed by atoms with Gasteiger partial charge in [-0.05, 0) is 38.9 Å². The Morgan fingerprint density at radius 3 is 2.53 bits per heavy atom. The molecule has 19 heavy (non-hydrogen) atoms. The van der Waals surface area contributed by atoms with Gasteiger partial charge < -0.3 is 14.9 Å². The standard InChI is InChI=1S/C15H30N2O2/c1-4-8-15(14(18)19)9-7-10-17(13-15)12-11-16(5-2)6-3/h4-13H2,1-3H3,(H,18,19). The Labute approximate surface area is 117 Å². The quantitative estimate of drug-likeness (QED) is 0.735. The van der Waals surface area contributed by atoms with E-state index in [4.69, 9.17) is 0 Å². The average Bonchev–Trinajstić information content (AvgIpc) is 2.40. The maximum Gasteiger partial charge on any atom is 0.310 e. The molecule has 0 aromatic rings. The highest BCUT2D eigenvalue weighted by molar-refractivity contribution is 5.75. The molecule has 1 rings (SSSR count). The van der Waals surface area contributed by atoms with Gasteiger partial charge in [-0.2, -0.15) is 0 Å². The Morgan fingerprint density at radius 2 is 2.00 bits per heavy atom. The highest BCUT2D eigenvalue weighted by atomic mass is 16.4. The molecule has 0 bridgehead atoms. The normalized spacial score (nSPS) is 24.8. The minimum Gasteiger partial charge on any atom is -0.481 e. The van der Waals surface area contributed by atoms with Crippen LogP contribution in [0.1, 0.15) is 46.5 Å². The summed E-state index contributed by atoms with van der Waals surface area (Å²) in [5.74, 6) is -0.595. The summed E-state index contributed by atoms with van der Waals surface area (Å²) in [5, 5.41) is 9.57. The predicted molar refractivity (Wildman–Crippen MR) is 78.4 cm³/mol. The van der Waals surface area contributed by atoms with Crippen LogP contribution in [-0.4, -0.2) is 60.1 Å². The first kappa shape index (κ1) is 16.4. The van der Waals surface area contributed by atoms with Crippen LogP contribution in [0.3, 0.4) is 0 Å². The first-order valence-electron chi connectivity index (χ1n) is 7.76. The fourth-order valence-corrected chi connectivity index (χ4v) is 3.20. The molecule has 112 valence electrons. The molecule has 4 nitrogen and oxygen atoms in total. The monoisotopic (exact) mass is 270 g/mol. The number of aliphatic carboxylic acids is 1. The predicted octanol–water partition coefficient (Wildman–Crippen LogP) is 2.30. The third kappa shape index (κ3) is 4.46. The maximum atomic E-state index is 11.6. The fraction of sp³-hybridized carbons (Fsp3) is 0.933. The molecule has 0 aliphatic carbocycles. The molecule has 0 aromatic heterocycles. The summed E-state index contributed by atoms with van der Waals surface area (Å²) in [6.45, 7) is 12.4. The van der Waals surface area contributed by atoms with Gasteiger partial charge in [0, 0.05) is 19.6 Å². The Balaban J connectivity index is 2.55. The second kappa shape index (κ2) is 7.85. The molecule has 0 spiro atoms. The van der Waals surface area contributed by atoms with Crippen molar-refractivity contribution >= 4 is 5.97 Å². The van der Waals surface area contributed by atoms with Crippen LogP contribution in [0.15, 0.2) is 0 Å². The zero-order chi connectivity index (χ0) is 14.3. The lowest BCUT2D eigenvalue weighted by Crippen LogP contribution is -2.49. The van der Waals surface area contributed by atoms with Crippen molar-refractivity contribution in [1.29, 1.82) is 0 Å². The van der Waals surface area contributed by atoms with Crippen LogP contribution in [0.25, 0.3) is 0 Å². The first-order chi connectivity index (χ1) is 9.07. The van der Waals surface area contributed by atoms with Crippen LogP contribution < -0.4 is 0 Å². The molecule has 1 heterocycles. The molecule has 1 fully saturated rings. The molecule has 1 N–H and O–H groups in total. The largest absolute Gasteiger partial charge is 0.481 e. The Morgan fingerprint density at radius 1 is 1.32 bits per heavy atom.